The number of nitrogens with zero attached hydrogens (tertiary/aromatic N) is 1. The van der Waals surface area contributed by atoms with E-state index < -0.39 is 10.0 Å². The SMILES string of the molecule is CCc1ccccc1NS(=O)(=O)c1ccc2c(c1)sc(=O)n2Cc1ccccc1. The number of fused-ring (bicyclic) bond motifs is 1. The first kappa shape index (κ1) is 19.4. The fourth-order valence-electron chi connectivity index (χ4n) is 3.26. The minimum atomic E-state index is -3.75. The Bertz CT molecular complexity index is 1320. The average molecular weight is 425 g/mol. The Hall–Kier alpha value is -2.90. The lowest BCUT2D eigenvalue weighted by molar-refractivity contribution is 0.601. The number of hydrogen-bond acceptors (Lipinski definition) is 4. The molecule has 4 rings (SSSR count). The number of thiazole rings is 1. The maximum Gasteiger partial charge on any atom is 0.308 e. The normalized spacial score (nSPS) is 11.6. The molecule has 0 unspecified atom stereocenters. The second-order valence-corrected chi connectivity index (χ2v) is 9.36. The lowest BCUT2D eigenvalue weighted by Gasteiger charge is -2.12. The smallest absolute Gasteiger partial charge is 0.294 e. The Labute approximate surface area is 173 Å². The molecule has 29 heavy (non-hydrogen) atoms. The molecule has 1 N–H and O–H groups in total. The van der Waals surface area contributed by atoms with Crippen molar-refractivity contribution in [1.29, 1.82) is 0 Å². The van der Waals surface area contributed by atoms with Gasteiger partial charge in [0.15, 0.2) is 0 Å². The van der Waals surface area contributed by atoms with Crippen LogP contribution in [0, 0.1) is 0 Å². The van der Waals surface area contributed by atoms with E-state index >= 15 is 0 Å². The van der Waals surface area contributed by atoms with Crippen LogP contribution in [0.15, 0.2) is 82.5 Å². The van der Waals surface area contributed by atoms with E-state index in [2.05, 4.69) is 4.72 Å². The van der Waals surface area contributed by atoms with Crippen LogP contribution < -0.4 is 9.60 Å². The minimum Gasteiger partial charge on any atom is -0.294 e. The maximum atomic E-state index is 12.9. The highest BCUT2D eigenvalue weighted by Gasteiger charge is 2.18. The number of para-hydroxylation sites is 1. The lowest BCUT2D eigenvalue weighted by Crippen LogP contribution is -2.14. The highest BCUT2D eigenvalue weighted by molar-refractivity contribution is 7.92. The molecule has 1 heterocycles. The molecular formula is C22H20N2O3S2. The average Bonchev–Trinajstić information content (AvgIpc) is 3.03. The second-order valence-electron chi connectivity index (χ2n) is 6.69. The number of nitrogens with one attached hydrogen (secondary N) is 1. The molecule has 7 heteroatoms. The predicted molar refractivity (Wildman–Crippen MR) is 118 cm³/mol. The summed E-state index contributed by atoms with van der Waals surface area (Å²) in [5, 5.41) is 0. The summed E-state index contributed by atoms with van der Waals surface area (Å²) >= 11 is 1.06. The van der Waals surface area contributed by atoms with Gasteiger partial charge >= 0.3 is 4.87 Å². The first-order valence-electron chi connectivity index (χ1n) is 9.26. The van der Waals surface area contributed by atoms with Crippen molar-refractivity contribution in [3.8, 4) is 0 Å². The third-order valence-electron chi connectivity index (χ3n) is 4.78. The molecular weight excluding hydrogens is 404 g/mol. The molecule has 148 valence electrons. The summed E-state index contributed by atoms with van der Waals surface area (Å²) in [5.74, 6) is 0. The summed E-state index contributed by atoms with van der Waals surface area (Å²) < 4.78 is 30.8. The van der Waals surface area contributed by atoms with E-state index in [9.17, 15) is 13.2 Å². The van der Waals surface area contributed by atoms with Crippen LogP contribution in [0.25, 0.3) is 10.2 Å². The van der Waals surface area contributed by atoms with Crippen LogP contribution >= 0.6 is 11.3 Å². The molecule has 0 aliphatic carbocycles. The van der Waals surface area contributed by atoms with Crippen LogP contribution in [0.2, 0.25) is 0 Å². The van der Waals surface area contributed by atoms with E-state index in [1.54, 1.807) is 34.9 Å². The molecule has 0 aliphatic heterocycles. The fourth-order valence-corrected chi connectivity index (χ4v) is 5.39. The van der Waals surface area contributed by atoms with Crippen LogP contribution in [0.4, 0.5) is 5.69 Å². The summed E-state index contributed by atoms with van der Waals surface area (Å²) in [5.41, 5.74) is 3.25. The van der Waals surface area contributed by atoms with Gasteiger partial charge in [-0.3, -0.25) is 14.1 Å². The van der Waals surface area contributed by atoms with E-state index in [1.165, 1.54) is 0 Å². The molecule has 0 fully saturated rings. The quantitative estimate of drug-likeness (QED) is 0.496. The molecule has 0 aliphatic rings. The Balaban J connectivity index is 1.70. The second kappa shape index (κ2) is 7.85. The third-order valence-corrected chi connectivity index (χ3v) is 7.08. The monoisotopic (exact) mass is 424 g/mol. The van der Waals surface area contributed by atoms with Crippen molar-refractivity contribution in [1.82, 2.24) is 4.57 Å². The van der Waals surface area contributed by atoms with Crippen LogP contribution in [0.3, 0.4) is 0 Å². The van der Waals surface area contributed by atoms with Gasteiger partial charge in [0.2, 0.25) is 0 Å². The minimum absolute atomic E-state index is 0.109. The van der Waals surface area contributed by atoms with Gasteiger partial charge in [-0.25, -0.2) is 8.42 Å². The highest BCUT2D eigenvalue weighted by atomic mass is 32.2. The molecule has 1 aromatic heterocycles. The lowest BCUT2D eigenvalue weighted by atomic mass is 10.1. The van der Waals surface area contributed by atoms with Gasteiger partial charge in [0.1, 0.15) is 0 Å². The number of sulfonamides is 1. The molecule has 3 aromatic carbocycles. The number of anilines is 1. The Morgan fingerprint density at radius 2 is 1.69 bits per heavy atom. The Morgan fingerprint density at radius 3 is 2.45 bits per heavy atom. The number of hydrogen-bond donors (Lipinski definition) is 1. The van der Waals surface area contributed by atoms with E-state index in [-0.39, 0.29) is 9.77 Å². The van der Waals surface area contributed by atoms with E-state index in [0.717, 1.165) is 34.4 Å². The Morgan fingerprint density at radius 1 is 0.966 bits per heavy atom. The number of benzene rings is 3. The van der Waals surface area contributed by atoms with E-state index in [4.69, 9.17) is 0 Å². The highest BCUT2D eigenvalue weighted by Crippen LogP contribution is 2.25. The van der Waals surface area contributed by atoms with Crippen molar-refractivity contribution in [2.75, 3.05) is 4.72 Å². The molecule has 5 nitrogen and oxygen atoms in total. The van der Waals surface area contributed by atoms with Gasteiger partial charge in [0, 0.05) is 0 Å². The molecule has 0 bridgehead atoms. The summed E-state index contributed by atoms with van der Waals surface area (Å²) in [6.07, 6.45) is 0.724. The fraction of sp³-hybridized carbons (Fsp3) is 0.136. The van der Waals surface area contributed by atoms with Gasteiger partial charge in [-0.05, 0) is 41.8 Å². The van der Waals surface area contributed by atoms with Gasteiger partial charge in [0.25, 0.3) is 10.0 Å². The van der Waals surface area contributed by atoms with Gasteiger partial charge in [-0.1, -0.05) is 66.8 Å². The van der Waals surface area contributed by atoms with Crippen molar-refractivity contribution in [2.45, 2.75) is 24.8 Å². The van der Waals surface area contributed by atoms with Gasteiger partial charge in [0.05, 0.1) is 27.3 Å². The maximum absolute atomic E-state index is 12.9. The van der Waals surface area contributed by atoms with Crippen molar-refractivity contribution in [3.63, 3.8) is 0 Å². The van der Waals surface area contributed by atoms with Crippen molar-refractivity contribution in [3.05, 3.63) is 93.6 Å². The Kier molecular flexibility index (Phi) is 5.25. The molecule has 0 radical (unpaired) electrons. The van der Waals surface area contributed by atoms with E-state index in [1.807, 2.05) is 49.4 Å². The largest absolute Gasteiger partial charge is 0.308 e. The summed E-state index contributed by atoms with van der Waals surface area (Å²) in [7, 11) is -3.75. The molecule has 4 aromatic rings. The topological polar surface area (TPSA) is 68.2 Å². The zero-order chi connectivity index (χ0) is 20.4. The molecule has 0 spiro atoms. The molecule has 0 saturated carbocycles. The van der Waals surface area contributed by atoms with Gasteiger partial charge in [-0.2, -0.15) is 0 Å². The van der Waals surface area contributed by atoms with Crippen LogP contribution in [-0.4, -0.2) is 13.0 Å². The standard InChI is InChI=1S/C22H20N2O3S2/c1-2-17-10-6-7-11-19(17)23-29(26,27)18-12-13-20-21(14-18)28-22(25)24(20)15-16-8-4-3-5-9-16/h3-14,23H,2,15H2,1H3. The predicted octanol–water partition coefficient (Wildman–Crippen LogP) is 4.47. The zero-order valence-corrected chi connectivity index (χ0v) is 17.5. The van der Waals surface area contributed by atoms with Crippen LogP contribution in [0.1, 0.15) is 18.1 Å². The molecule has 0 atom stereocenters. The first-order chi connectivity index (χ1) is 14.0. The molecule has 0 saturated heterocycles. The van der Waals surface area contributed by atoms with Crippen LogP contribution in [-0.2, 0) is 23.0 Å². The van der Waals surface area contributed by atoms with Gasteiger partial charge in [-0.15, -0.1) is 0 Å². The summed E-state index contributed by atoms with van der Waals surface area (Å²) in [6, 6.07) is 21.9. The number of aromatic nitrogens is 1. The van der Waals surface area contributed by atoms with Crippen molar-refractivity contribution >= 4 is 37.3 Å². The van der Waals surface area contributed by atoms with Crippen molar-refractivity contribution < 1.29 is 8.42 Å². The third kappa shape index (κ3) is 3.97. The molecule has 0 amide bonds. The number of rotatable bonds is 6. The van der Waals surface area contributed by atoms with E-state index in [0.29, 0.717) is 16.9 Å². The van der Waals surface area contributed by atoms with Gasteiger partial charge < -0.3 is 0 Å². The number of aryl methyl sites for hydroxylation is 1. The summed E-state index contributed by atoms with van der Waals surface area (Å²) in [4.78, 5) is 12.5. The first-order valence-corrected chi connectivity index (χ1v) is 11.6. The van der Waals surface area contributed by atoms with Crippen LogP contribution in [0.5, 0.6) is 0 Å². The van der Waals surface area contributed by atoms with Crippen molar-refractivity contribution in [2.24, 2.45) is 0 Å². The summed E-state index contributed by atoms with van der Waals surface area (Å²) in [6.45, 7) is 2.43. The zero-order valence-electron chi connectivity index (χ0n) is 15.8.